The Balaban J connectivity index is 2.01. The number of hydrogen-bond acceptors (Lipinski definition) is 3. The van der Waals surface area contributed by atoms with Crippen molar-refractivity contribution in [3.8, 4) is 0 Å². The molecule has 110 valence electrons. The van der Waals surface area contributed by atoms with Crippen LogP contribution in [0.3, 0.4) is 0 Å². The molecule has 0 fully saturated rings. The molecule has 0 radical (unpaired) electrons. The lowest BCUT2D eigenvalue weighted by molar-refractivity contribution is 0.199. The van der Waals surface area contributed by atoms with Crippen LogP contribution in [0.5, 0.6) is 0 Å². The number of pyridine rings is 1. The van der Waals surface area contributed by atoms with Gasteiger partial charge in [0.15, 0.2) is 0 Å². The molecule has 0 saturated heterocycles. The van der Waals surface area contributed by atoms with Crippen molar-refractivity contribution < 1.29 is 9.90 Å². The van der Waals surface area contributed by atoms with Crippen molar-refractivity contribution in [1.82, 2.24) is 4.98 Å². The average molecular weight is 350 g/mol. The zero-order chi connectivity index (χ0) is 15.4. The fourth-order valence-electron chi connectivity index (χ4n) is 1.79. The van der Waals surface area contributed by atoms with Gasteiger partial charge in [0.1, 0.15) is 5.82 Å². The molecular weight excluding hydrogens is 334 g/mol. The van der Waals surface area contributed by atoms with Crippen LogP contribution < -0.4 is 10.6 Å². The molecular formula is C15H16BrN3O2. The van der Waals surface area contributed by atoms with Crippen LogP contribution in [0.2, 0.25) is 0 Å². The van der Waals surface area contributed by atoms with Crippen molar-refractivity contribution in [3.05, 3.63) is 52.1 Å². The third-order valence-corrected chi connectivity index (χ3v) is 3.36. The van der Waals surface area contributed by atoms with E-state index in [4.69, 9.17) is 0 Å². The summed E-state index contributed by atoms with van der Waals surface area (Å²) in [5.74, 6) is 0.510. The van der Waals surface area contributed by atoms with Crippen LogP contribution in [-0.2, 0) is 0 Å². The van der Waals surface area contributed by atoms with E-state index >= 15 is 0 Å². The minimum Gasteiger partial charge on any atom is -0.389 e. The molecule has 1 atom stereocenters. The number of rotatable bonds is 3. The smallest absolute Gasteiger partial charge is 0.324 e. The highest BCUT2D eigenvalue weighted by molar-refractivity contribution is 9.10. The highest BCUT2D eigenvalue weighted by atomic mass is 79.9. The molecule has 2 aromatic rings. The van der Waals surface area contributed by atoms with Gasteiger partial charge in [-0.2, -0.15) is 0 Å². The second-order valence-electron chi connectivity index (χ2n) is 4.70. The number of amides is 2. The summed E-state index contributed by atoms with van der Waals surface area (Å²) in [6.07, 6.45) is 1.10. The van der Waals surface area contributed by atoms with E-state index in [0.717, 1.165) is 15.6 Å². The van der Waals surface area contributed by atoms with E-state index in [9.17, 15) is 9.90 Å². The first-order valence-electron chi connectivity index (χ1n) is 6.44. The van der Waals surface area contributed by atoms with E-state index in [-0.39, 0.29) is 6.03 Å². The van der Waals surface area contributed by atoms with Crippen molar-refractivity contribution in [1.29, 1.82) is 0 Å². The first-order chi connectivity index (χ1) is 9.95. The molecule has 3 N–H and O–H groups in total. The highest BCUT2D eigenvalue weighted by Crippen LogP contribution is 2.18. The van der Waals surface area contributed by atoms with Gasteiger partial charge in [-0.05, 0) is 59.1 Å². The van der Waals surface area contributed by atoms with E-state index in [0.29, 0.717) is 11.5 Å². The van der Waals surface area contributed by atoms with Gasteiger partial charge >= 0.3 is 6.03 Å². The number of anilines is 2. The van der Waals surface area contributed by atoms with Gasteiger partial charge in [0.2, 0.25) is 0 Å². The summed E-state index contributed by atoms with van der Waals surface area (Å²) in [5.41, 5.74) is 2.31. The summed E-state index contributed by atoms with van der Waals surface area (Å²) >= 11 is 3.32. The van der Waals surface area contributed by atoms with Crippen LogP contribution in [0, 0.1) is 6.92 Å². The molecule has 1 aromatic heterocycles. The first-order valence-corrected chi connectivity index (χ1v) is 7.23. The van der Waals surface area contributed by atoms with Gasteiger partial charge in [-0.15, -0.1) is 0 Å². The Morgan fingerprint density at radius 2 is 1.95 bits per heavy atom. The molecule has 1 unspecified atom stereocenters. The fourth-order valence-corrected chi connectivity index (χ4v) is 2.23. The lowest BCUT2D eigenvalue weighted by Crippen LogP contribution is -2.20. The Labute approximate surface area is 131 Å². The van der Waals surface area contributed by atoms with Crippen molar-refractivity contribution in [2.75, 3.05) is 10.6 Å². The number of nitrogens with zero attached hydrogens (tertiary/aromatic N) is 1. The molecule has 2 amide bonds. The zero-order valence-electron chi connectivity index (χ0n) is 11.7. The third kappa shape index (κ3) is 4.27. The average Bonchev–Trinajstić information content (AvgIpc) is 2.42. The lowest BCUT2D eigenvalue weighted by atomic mass is 10.1. The van der Waals surface area contributed by atoms with Gasteiger partial charge in [0.25, 0.3) is 0 Å². The third-order valence-electron chi connectivity index (χ3n) is 2.93. The van der Waals surface area contributed by atoms with Crippen LogP contribution >= 0.6 is 15.9 Å². The summed E-state index contributed by atoms with van der Waals surface area (Å²) in [6.45, 7) is 3.56. The zero-order valence-corrected chi connectivity index (χ0v) is 13.3. The standard InChI is InChI=1S/C15H16BrN3O2/c1-9-7-12(16)8-17-14(9)19-15(21)18-13-5-3-11(4-6-13)10(2)20/h3-8,10,20H,1-2H3,(H2,17,18,19,21). The van der Waals surface area contributed by atoms with E-state index in [2.05, 4.69) is 31.5 Å². The van der Waals surface area contributed by atoms with Crippen LogP contribution in [0.15, 0.2) is 41.0 Å². The predicted octanol–water partition coefficient (Wildman–Crippen LogP) is 3.85. The Bertz CT molecular complexity index is 642. The molecule has 6 heteroatoms. The molecule has 0 saturated carbocycles. The Morgan fingerprint density at radius 1 is 1.29 bits per heavy atom. The predicted molar refractivity (Wildman–Crippen MR) is 86.4 cm³/mol. The largest absolute Gasteiger partial charge is 0.389 e. The monoisotopic (exact) mass is 349 g/mol. The van der Waals surface area contributed by atoms with Gasteiger partial charge in [0.05, 0.1) is 6.10 Å². The number of hydrogen-bond donors (Lipinski definition) is 3. The molecule has 1 aromatic carbocycles. The van der Waals surface area contributed by atoms with E-state index < -0.39 is 6.10 Å². The first kappa shape index (κ1) is 15.5. The molecule has 2 rings (SSSR count). The minimum atomic E-state index is -0.525. The number of aryl methyl sites for hydroxylation is 1. The topological polar surface area (TPSA) is 74.2 Å². The molecule has 0 spiro atoms. The van der Waals surface area contributed by atoms with Crippen LogP contribution in [0.4, 0.5) is 16.3 Å². The normalized spacial score (nSPS) is 11.8. The van der Waals surface area contributed by atoms with Gasteiger partial charge in [0, 0.05) is 16.4 Å². The SMILES string of the molecule is Cc1cc(Br)cnc1NC(=O)Nc1ccc(C(C)O)cc1. The summed E-state index contributed by atoms with van der Waals surface area (Å²) in [4.78, 5) is 16.1. The summed E-state index contributed by atoms with van der Waals surface area (Å²) < 4.78 is 0.861. The van der Waals surface area contributed by atoms with Gasteiger partial charge in [-0.3, -0.25) is 5.32 Å². The number of urea groups is 1. The number of aliphatic hydroxyl groups excluding tert-OH is 1. The highest BCUT2D eigenvalue weighted by Gasteiger charge is 2.07. The minimum absolute atomic E-state index is 0.363. The van der Waals surface area contributed by atoms with Crippen molar-refractivity contribution in [2.24, 2.45) is 0 Å². The number of carbonyl (C=O) groups is 1. The molecule has 0 bridgehead atoms. The molecule has 1 heterocycles. The summed E-state index contributed by atoms with van der Waals surface area (Å²) in [5, 5.41) is 14.8. The van der Waals surface area contributed by atoms with Gasteiger partial charge in [-0.1, -0.05) is 12.1 Å². The van der Waals surface area contributed by atoms with Crippen LogP contribution in [-0.4, -0.2) is 16.1 Å². The fraction of sp³-hybridized carbons (Fsp3) is 0.200. The second-order valence-corrected chi connectivity index (χ2v) is 5.61. The number of nitrogens with one attached hydrogen (secondary N) is 2. The Hall–Kier alpha value is -1.92. The number of aromatic nitrogens is 1. The number of halogens is 1. The lowest BCUT2D eigenvalue weighted by Gasteiger charge is -2.10. The maximum atomic E-state index is 11.9. The molecule has 0 aliphatic rings. The molecule has 21 heavy (non-hydrogen) atoms. The van der Waals surface area contributed by atoms with Gasteiger partial charge in [-0.25, -0.2) is 9.78 Å². The van der Waals surface area contributed by atoms with Crippen LogP contribution in [0.1, 0.15) is 24.2 Å². The quantitative estimate of drug-likeness (QED) is 0.787. The number of aliphatic hydroxyl groups is 1. The van der Waals surface area contributed by atoms with Crippen molar-refractivity contribution in [2.45, 2.75) is 20.0 Å². The van der Waals surface area contributed by atoms with Gasteiger partial charge < -0.3 is 10.4 Å². The molecule has 0 aliphatic heterocycles. The molecule has 5 nitrogen and oxygen atoms in total. The van der Waals surface area contributed by atoms with E-state index in [1.807, 2.05) is 13.0 Å². The summed E-state index contributed by atoms with van der Waals surface area (Å²) in [6, 6.07) is 8.53. The van der Waals surface area contributed by atoms with E-state index in [1.54, 1.807) is 37.4 Å². The maximum absolute atomic E-state index is 11.9. The molecule has 0 aliphatic carbocycles. The van der Waals surface area contributed by atoms with Crippen molar-refractivity contribution in [3.63, 3.8) is 0 Å². The maximum Gasteiger partial charge on any atom is 0.324 e. The summed E-state index contributed by atoms with van der Waals surface area (Å²) in [7, 11) is 0. The number of benzene rings is 1. The van der Waals surface area contributed by atoms with Crippen LogP contribution in [0.25, 0.3) is 0 Å². The Kier molecular flexibility index (Phi) is 4.93. The second kappa shape index (κ2) is 6.69. The Morgan fingerprint density at radius 3 is 2.52 bits per heavy atom. The van der Waals surface area contributed by atoms with E-state index in [1.165, 1.54) is 0 Å². The number of carbonyl (C=O) groups excluding carboxylic acids is 1. The van der Waals surface area contributed by atoms with Crippen molar-refractivity contribution >= 4 is 33.5 Å².